The van der Waals surface area contributed by atoms with Gasteiger partial charge in [-0.2, -0.15) is 0 Å². The number of carbonyl (C=O) groups is 1. The lowest BCUT2D eigenvalue weighted by Gasteiger charge is -2.39. The van der Waals surface area contributed by atoms with Crippen LogP contribution in [0.25, 0.3) is 11.2 Å². The van der Waals surface area contributed by atoms with E-state index in [4.69, 9.17) is 4.74 Å². The highest BCUT2D eigenvalue weighted by atomic mass is 16.5. The molecule has 1 amide bonds. The molecule has 0 aromatic carbocycles. The van der Waals surface area contributed by atoms with Gasteiger partial charge in [-0.05, 0) is 13.0 Å². The van der Waals surface area contributed by atoms with Crippen molar-refractivity contribution >= 4 is 22.9 Å². The summed E-state index contributed by atoms with van der Waals surface area (Å²) in [6.07, 6.45) is 0.175. The van der Waals surface area contributed by atoms with Crippen molar-refractivity contribution in [2.24, 2.45) is 0 Å². The molecular weight excluding hydrogens is 370 g/mol. The number of aromatic amines is 1. The highest BCUT2D eigenvalue weighted by Crippen LogP contribution is 2.24. The average molecular weight is 393 g/mol. The maximum atomic E-state index is 12.4. The van der Waals surface area contributed by atoms with E-state index in [-0.39, 0.29) is 18.9 Å². The molecule has 7 N–H and O–H groups in total. The van der Waals surface area contributed by atoms with Gasteiger partial charge in [0.1, 0.15) is 30.1 Å². The summed E-state index contributed by atoms with van der Waals surface area (Å²) >= 11 is 0. The molecule has 0 spiro atoms. The van der Waals surface area contributed by atoms with E-state index in [9.17, 15) is 20.1 Å². The first-order valence-electron chi connectivity index (χ1n) is 9.13. The van der Waals surface area contributed by atoms with E-state index in [1.165, 1.54) is 12.7 Å². The number of nitrogens with one attached hydrogen (secondary N) is 4. The maximum absolute atomic E-state index is 12.4. The first kappa shape index (κ1) is 19.0. The molecule has 2 saturated heterocycles. The standard InChI is InChI=1S/C16H23N7O5/c24-4-10-7(22-15(27)11-8(25)1-2-17-11)3-9(26)16(28-10)23-14-12-13(19-5-18-12)20-6-21-14/h5-11,16-17,24-26H,1-4H2,(H,22,27)(H2,18,19,20,21,23)/t7-,8-,9+,10+,11-,16+/m1/s1. The number of aliphatic hydroxyl groups is 3. The van der Waals surface area contributed by atoms with Gasteiger partial charge in [0, 0.05) is 6.42 Å². The maximum Gasteiger partial charge on any atom is 0.240 e. The Kier molecular flexibility index (Phi) is 5.37. The predicted octanol–water partition coefficient (Wildman–Crippen LogP) is -2.56. The molecule has 6 atom stereocenters. The molecule has 4 heterocycles. The van der Waals surface area contributed by atoms with Crippen molar-refractivity contribution in [1.82, 2.24) is 30.6 Å². The topological polar surface area (TPSA) is 178 Å². The summed E-state index contributed by atoms with van der Waals surface area (Å²) in [5.41, 5.74) is 1.03. The summed E-state index contributed by atoms with van der Waals surface area (Å²) in [6.45, 7) is 0.208. The van der Waals surface area contributed by atoms with Crippen LogP contribution in [0.3, 0.4) is 0 Å². The number of carbonyl (C=O) groups excluding carboxylic acids is 1. The lowest BCUT2D eigenvalue weighted by atomic mass is 9.98. The molecule has 2 aromatic rings. The zero-order valence-electron chi connectivity index (χ0n) is 14.9. The quantitative estimate of drug-likeness (QED) is 0.286. The Morgan fingerprint density at radius 1 is 1.29 bits per heavy atom. The van der Waals surface area contributed by atoms with Crippen molar-refractivity contribution in [1.29, 1.82) is 0 Å². The Labute approximate surface area is 159 Å². The van der Waals surface area contributed by atoms with Gasteiger partial charge < -0.3 is 41.0 Å². The minimum Gasteiger partial charge on any atom is -0.394 e. The number of hydrogen-bond donors (Lipinski definition) is 7. The van der Waals surface area contributed by atoms with Crippen LogP contribution in [0.2, 0.25) is 0 Å². The molecule has 12 nitrogen and oxygen atoms in total. The molecule has 0 radical (unpaired) electrons. The third kappa shape index (κ3) is 3.64. The molecule has 2 aromatic heterocycles. The molecule has 12 heteroatoms. The van der Waals surface area contributed by atoms with Crippen molar-refractivity contribution in [3.8, 4) is 0 Å². The van der Waals surface area contributed by atoms with Gasteiger partial charge in [0.25, 0.3) is 0 Å². The number of amides is 1. The fourth-order valence-electron chi connectivity index (χ4n) is 3.60. The Morgan fingerprint density at radius 2 is 2.14 bits per heavy atom. The van der Waals surface area contributed by atoms with Crippen molar-refractivity contribution in [2.45, 2.75) is 49.5 Å². The SMILES string of the molecule is O=C(N[C@@H]1C[C@H](O)[C@@H](Nc2ncnc3nc[nH]c23)O[C@H]1CO)[C@@H]1NCC[C@H]1O. The minimum atomic E-state index is -0.970. The van der Waals surface area contributed by atoms with E-state index in [2.05, 4.69) is 35.9 Å². The summed E-state index contributed by atoms with van der Waals surface area (Å²) < 4.78 is 5.78. The van der Waals surface area contributed by atoms with E-state index in [1.54, 1.807) is 0 Å². The van der Waals surface area contributed by atoms with Gasteiger partial charge in [-0.1, -0.05) is 0 Å². The van der Waals surface area contributed by atoms with Gasteiger partial charge in [0.05, 0.1) is 25.1 Å². The molecule has 2 aliphatic heterocycles. The van der Waals surface area contributed by atoms with Gasteiger partial charge >= 0.3 is 0 Å². The number of hydrogen-bond acceptors (Lipinski definition) is 10. The van der Waals surface area contributed by atoms with E-state index in [0.717, 1.165) is 0 Å². The lowest BCUT2D eigenvalue weighted by Crippen LogP contribution is -2.60. The van der Waals surface area contributed by atoms with Crippen LogP contribution in [0, 0.1) is 0 Å². The first-order chi connectivity index (χ1) is 13.6. The highest BCUT2D eigenvalue weighted by Gasteiger charge is 2.40. The number of aromatic nitrogens is 4. The van der Waals surface area contributed by atoms with Crippen molar-refractivity contribution in [3.05, 3.63) is 12.7 Å². The third-order valence-corrected chi connectivity index (χ3v) is 5.10. The van der Waals surface area contributed by atoms with E-state index in [1.807, 2.05) is 0 Å². The monoisotopic (exact) mass is 393 g/mol. The molecule has 2 fully saturated rings. The van der Waals surface area contributed by atoms with Crippen LogP contribution in [0.15, 0.2) is 12.7 Å². The van der Waals surface area contributed by atoms with Crippen LogP contribution in [0.4, 0.5) is 5.82 Å². The zero-order chi connectivity index (χ0) is 19.7. The van der Waals surface area contributed by atoms with Crippen LogP contribution < -0.4 is 16.0 Å². The molecule has 0 saturated carbocycles. The molecule has 28 heavy (non-hydrogen) atoms. The largest absolute Gasteiger partial charge is 0.394 e. The Hall–Kier alpha value is -2.38. The number of aliphatic hydroxyl groups excluding tert-OH is 3. The molecule has 152 valence electrons. The fraction of sp³-hybridized carbons (Fsp3) is 0.625. The number of ether oxygens (including phenoxy) is 1. The second-order valence-electron chi connectivity index (χ2n) is 6.95. The summed E-state index contributed by atoms with van der Waals surface area (Å²) in [5.74, 6) is 0.0228. The number of imidazole rings is 1. The molecule has 4 rings (SSSR count). The highest BCUT2D eigenvalue weighted by molar-refractivity contribution is 5.83. The summed E-state index contributed by atoms with van der Waals surface area (Å²) in [4.78, 5) is 27.5. The Morgan fingerprint density at radius 3 is 2.89 bits per heavy atom. The average Bonchev–Trinajstić information content (AvgIpc) is 3.33. The first-order valence-corrected chi connectivity index (χ1v) is 9.13. The summed E-state index contributed by atoms with van der Waals surface area (Å²) in [6, 6.07) is -1.31. The van der Waals surface area contributed by atoms with Crippen LogP contribution in [0.1, 0.15) is 12.8 Å². The summed E-state index contributed by atoms with van der Waals surface area (Å²) in [7, 11) is 0. The fourth-order valence-corrected chi connectivity index (χ4v) is 3.60. The van der Waals surface area contributed by atoms with Crippen LogP contribution >= 0.6 is 0 Å². The number of nitrogens with zero attached hydrogens (tertiary/aromatic N) is 3. The number of anilines is 1. The third-order valence-electron chi connectivity index (χ3n) is 5.10. The second kappa shape index (κ2) is 7.93. The smallest absolute Gasteiger partial charge is 0.240 e. The minimum absolute atomic E-state index is 0.161. The van der Waals surface area contributed by atoms with E-state index >= 15 is 0 Å². The Bertz CT molecular complexity index is 833. The van der Waals surface area contributed by atoms with Crippen molar-refractivity contribution in [2.75, 3.05) is 18.5 Å². The number of rotatable bonds is 5. The number of fused-ring (bicyclic) bond motifs is 1. The van der Waals surface area contributed by atoms with Crippen LogP contribution in [-0.2, 0) is 9.53 Å². The molecule has 2 aliphatic rings. The molecular formula is C16H23N7O5. The van der Waals surface area contributed by atoms with Gasteiger partial charge in [0.15, 0.2) is 17.7 Å². The van der Waals surface area contributed by atoms with Gasteiger partial charge in [0.2, 0.25) is 5.91 Å². The van der Waals surface area contributed by atoms with Crippen molar-refractivity contribution in [3.63, 3.8) is 0 Å². The van der Waals surface area contributed by atoms with Gasteiger partial charge in [-0.15, -0.1) is 0 Å². The van der Waals surface area contributed by atoms with E-state index < -0.39 is 36.6 Å². The normalized spacial score (nSPS) is 33.1. The summed E-state index contributed by atoms with van der Waals surface area (Å²) in [5, 5.41) is 38.8. The lowest BCUT2D eigenvalue weighted by molar-refractivity contribution is -0.144. The second-order valence-corrected chi connectivity index (χ2v) is 6.95. The zero-order valence-corrected chi connectivity index (χ0v) is 14.9. The van der Waals surface area contributed by atoms with Crippen molar-refractivity contribution < 1.29 is 24.9 Å². The van der Waals surface area contributed by atoms with Gasteiger partial charge in [-0.3, -0.25) is 4.79 Å². The Balaban J connectivity index is 1.43. The van der Waals surface area contributed by atoms with Crippen LogP contribution in [-0.4, -0.2) is 90.9 Å². The molecule has 0 unspecified atom stereocenters. The van der Waals surface area contributed by atoms with Crippen LogP contribution in [0.5, 0.6) is 0 Å². The predicted molar refractivity (Wildman–Crippen MR) is 96.0 cm³/mol. The molecule has 0 aliphatic carbocycles. The van der Waals surface area contributed by atoms with E-state index in [0.29, 0.717) is 29.9 Å². The number of H-pyrrole nitrogens is 1. The van der Waals surface area contributed by atoms with Gasteiger partial charge in [-0.25, -0.2) is 15.0 Å². The molecule has 0 bridgehead atoms.